The van der Waals surface area contributed by atoms with Crippen LogP contribution in [-0.2, 0) is 9.53 Å². The van der Waals surface area contributed by atoms with Gasteiger partial charge in [0.25, 0.3) is 0 Å². The van der Waals surface area contributed by atoms with Gasteiger partial charge in [-0.3, -0.25) is 9.69 Å². The van der Waals surface area contributed by atoms with Crippen LogP contribution < -0.4 is 11.1 Å². The average Bonchev–Trinajstić information content (AvgIpc) is 2.39. The fourth-order valence-electron chi connectivity index (χ4n) is 3.03. The minimum atomic E-state index is -0.203. The first-order chi connectivity index (χ1) is 8.22. The standard InChI is InChI=1S/C12H23N3O2/c1-17-10-4-2-9(3-5-10)15-7-6-14-8-11(15)12(13)16/h9-11,14H,2-8H2,1H3,(H2,13,16). The number of primary amides is 1. The van der Waals surface area contributed by atoms with Crippen molar-refractivity contribution >= 4 is 5.91 Å². The van der Waals surface area contributed by atoms with E-state index in [0.717, 1.165) is 38.8 Å². The lowest BCUT2D eigenvalue weighted by molar-refractivity contribution is -0.125. The summed E-state index contributed by atoms with van der Waals surface area (Å²) in [6.07, 6.45) is 4.82. The number of ether oxygens (including phenoxy) is 1. The van der Waals surface area contributed by atoms with Gasteiger partial charge in [0.1, 0.15) is 6.04 Å². The fraction of sp³-hybridized carbons (Fsp3) is 0.917. The van der Waals surface area contributed by atoms with Crippen molar-refractivity contribution in [3.8, 4) is 0 Å². The van der Waals surface area contributed by atoms with Gasteiger partial charge < -0.3 is 15.8 Å². The number of amides is 1. The van der Waals surface area contributed by atoms with Gasteiger partial charge in [0.15, 0.2) is 0 Å². The van der Waals surface area contributed by atoms with Crippen LogP contribution in [0.15, 0.2) is 0 Å². The van der Waals surface area contributed by atoms with Crippen LogP contribution in [0.5, 0.6) is 0 Å². The van der Waals surface area contributed by atoms with Crippen LogP contribution in [0.3, 0.4) is 0 Å². The molecule has 1 saturated heterocycles. The van der Waals surface area contributed by atoms with Crippen molar-refractivity contribution in [1.82, 2.24) is 10.2 Å². The molecule has 1 atom stereocenters. The molecule has 5 heteroatoms. The molecule has 0 aromatic heterocycles. The van der Waals surface area contributed by atoms with E-state index in [1.807, 2.05) is 0 Å². The second-order valence-electron chi connectivity index (χ2n) is 5.03. The molecule has 1 aliphatic heterocycles. The number of carbonyl (C=O) groups is 1. The first-order valence-electron chi connectivity index (χ1n) is 6.51. The summed E-state index contributed by atoms with van der Waals surface area (Å²) in [5.41, 5.74) is 5.47. The van der Waals surface area contributed by atoms with Crippen LogP contribution in [-0.4, -0.2) is 55.7 Å². The van der Waals surface area contributed by atoms with E-state index in [9.17, 15) is 4.79 Å². The zero-order chi connectivity index (χ0) is 12.3. The third kappa shape index (κ3) is 2.97. The third-order valence-electron chi connectivity index (χ3n) is 4.06. The van der Waals surface area contributed by atoms with Crippen molar-refractivity contribution in [3.63, 3.8) is 0 Å². The summed E-state index contributed by atoms with van der Waals surface area (Å²) in [7, 11) is 1.78. The van der Waals surface area contributed by atoms with Crippen LogP contribution in [0.1, 0.15) is 25.7 Å². The molecule has 1 aliphatic carbocycles. The Balaban J connectivity index is 1.93. The molecule has 0 aromatic carbocycles. The van der Waals surface area contributed by atoms with Gasteiger partial charge in [-0.15, -0.1) is 0 Å². The minimum absolute atomic E-state index is 0.132. The number of carbonyl (C=O) groups excluding carboxylic acids is 1. The van der Waals surface area contributed by atoms with Gasteiger partial charge in [0.05, 0.1) is 6.10 Å². The first-order valence-corrected chi connectivity index (χ1v) is 6.51. The Morgan fingerprint density at radius 2 is 2.06 bits per heavy atom. The SMILES string of the molecule is COC1CCC(N2CCNCC2C(N)=O)CC1. The van der Waals surface area contributed by atoms with Gasteiger partial charge in [0, 0.05) is 32.8 Å². The summed E-state index contributed by atoms with van der Waals surface area (Å²) in [6, 6.07) is 0.369. The molecule has 98 valence electrons. The Morgan fingerprint density at radius 1 is 1.35 bits per heavy atom. The molecule has 5 nitrogen and oxygen atoms in total. The normalized spacial score (nSPS) is 35.7. The molecular formula is C12H23N3O2. The van der Waals surface area contributed by atoms with Gasteiger partial charge in [0.2, 0.25) is 5.91 Å². The van der Waals surface area contributed by atoms with E-state index < -0.39 is 0 Å². The van der Waals surface area contributed by atoms with E-state index in [2.05, 4.69) is 10.2 Å². The molecule has 2 aliphatic rings. The van der Waals surface area contributed by atoms with Gasteiger partial charge in [-0.2, -0.15) is 0 Å². The summed E-state index contributed by atoms with van der Waals surface area (Å²) >= 11 is 0. The highest BCUT2D eigenvalue weighted by molar-refractivity contribution is 5.80. The number of nitrogens with zero attached hydrogens (tertiary/aromatic N) is 1. The molecule has 3 N–H and O–H groups in total. The summed E-state index contributed by atoms with van der Waals surface area (Å²) in [5.74, 6) is -0.203. The summed E-state index contributed by atoms with van der Waals surface area (Å²) < 4.78 is 5.38. The van der Waals surface area contributed by atoms with E-state index in [1.54, 1.807) is 7.11 Å². The highest BCUT2D eigenvalue weighted by Crippen LogP contribution is 2.26. The van der Waals surface area contributed by atoms with Gasteiger partial charge in [-0.25, -0.2) is 0 Å². The van der Waals surface area contributed by atoms with Crippen LogP contribution >= 0.6 is 0 Å². The number of nitrogens with two attached hydrogens (primary N) is 1. The van der Waals surface area contributed by atoms with Crippen LogP contribution in [0.25, 0.3) is 0 Å². The quantitative estimate of drug-likeness (QED) is 0.712. The average molecular weight is 241 g/mol. The maximum absolute atomic E-state index is 11.4. The summed E-state index contributed by atoms with van der Waals surface area (Å²) in [4.78, 5) is 13.7. The molecule has 2 fully saturated rings. The number of nitrogens with one attached hydrogen (secondary N) is 1. The van der Waals surface area contributed by atoms with E-state index in [4.69, 9.17) is 10.5 Å². The Bertz CT molecular complexity index is 264. The minimum Gasteiger partial charge on any atom is -0.381 e. The molecule has 0 radical (unpaired) electrons. The number of hydrogen-bond acceptors (Lipinski definition) is 4. The summed E-state index contributed by atoms with van der Waals surface area (Å²) in [6.45, 7) is 2.57. The Hall–Kier alpha value is -0.650. The van der Waals surface area contributed by atoms with Gasteiger partial charge in [-0.05, 0) is 25.7 Å². The topological polar surface area (TPSA) is 67.6 Å². The van der Waals surface area contributed by atoms with Gasteiger partial charge in [-0.1, -0.05) is 0 Å². The molecule has 1 heterocycles. The second-order valence-corrected chi connectivity index (χ2v) is 5.03. The smallest absolute Gasteiger partial charge is 0.236 e. The lowest BCUT2D eigenvalue weighted by atomic mass is 9.90. The maximum Gasteiger partial charge on any atom is 0.236 e. The zero-order valence-corrected chi connectivity index (χ0v) is 10.5. The highest BCUT2D eigenvalue weighted by Gasteiger charge is 2.34. The number of rotatable bonds is 3. The lowest BCUT2D eigenvalue weighted by Gasteiger charge is -2.42. The fourth-order valence-corrected chi connectivity index (χ4v) is 3.03. The molecule has 0 bridgehead atoms. The van der Waals surface area contributed by atoms with Crippen LogP contribution in [0.4, 0.5) is 0 Å². The third-order valence-corrected chi connectivity index (χ3v) is 4.06. The van der Waals surface area contributed by atoms with Crippen molar-refractivity contribution in [2.45, 2.75) is 43.9 Å². The second kappa shape index (κ2) is 5.80. The Morgan fingerprint density at radius 3 is 2.65 bits per heavy atom. The number of methoxy groups -OCH3 is 1. The largest absolute Gasteiger partial charge is 0.381 e. The molecule has 0 spiro atoms. The Labute approximate surface area is 103 Å². The van der Waals surface area contributed by atoms with E-state index in [0.29, 0.717) is 18.7 Å². The monoisotopic (exact) mass is 241 g/mol. The van der Waals surface area contributed by atoms with E-state index >= 15 is 0 Å². The van der Waals surface area contributed by atoms with Crippen molar-refractivity contribution in [3.05, 3.63) is 0 Å². The molecule has 2 rings (SSSR count). The molecule has 0 aromatic rings. The molecule has 1 unspecified atom stereocenters. The summed E-state index contributed by atoms with van der Waals surface area (Å²) in [5, 5.41) is 3.24. The predicted molar refractivity (Wildman–Crippen MR) is 65.6 cm³/mol. The van der Waals surface area contributed by atoms with Crippen molar-refractivity contribution in [2.24, 2.45) is 5.73 Å². The molecule has 1 saturated carbocycles. The molecular weight excluding hydrogens is 218 g/mol. The van der Waals surface area contributed by atoms with Gasteiger partial charge >= 0.3 is 0 Å². The van der Waals surface area contributed by atoms with Crippen molar-refractivity contribution in [1.29, 1.82) is 0 Å². The first kappa shape index (κ1) is 12.8. The van der Waals surface area contributed by atoms with Crippen LogP contribution in [0, 0.1) is 0 Å². The lowest BCUT2D eigenvalue weighted by Crippen LogP contribution is -2.60. The zero-order valence-electron chi connectivity index (χ0n) is 10.5. The predicted octanol–water partition coefficient (Wildman–Crippen LogP) is -0.297. The van der Waals surface area contributed by atoms with Crippen molar-refractivity contribution < 1.29 is 9.53 Å². The number of piperazine rings is 1. The highest BCUT2D eigenvalue weighted by atomic mass is 16.5. The number of hydrogen-bond donors (Lipinski definition) is 2. The Kier molecular flexibility index (Phi) is 4.36. The maximum atomic E-state index is 11.4. The van der Waals surface area contributed by atoms with E-state index in [1.165, 1.54) is 0 Å². The van der Waals surface area contributed by atoms with E-state index in [-0.39, 0.29) is 11.9 Å². The molecule has 17 heavy (non-hydrogen) atoms. The van der Waals surface area contributed by atoms with Crippen LogP contribution in [0.2, 0.25) is 0 Å². The van der Waals surface area contributed by atoms with Crippen molar-refractivity contribution in [2.75, 3.05) is 26.7 Å². The molecule has 1 amide bonds.